The number of halogens is 1. The number of hydrogen-bond donors (Lipinski definition) is 1. The summed E-state index contributed by atoms with van der Waals surface area (Å²) in [5.41, 5.74) is 5.40. The van der Waals surface area contributed by atoms with Gasteiger partial charge in [-0.1, -0.05) is 46.3 Å². The summed E-state index contributed by atoms with van der Waals surface area (Å²) in [5, 5.41) is 10.8. The van der Waals surface area contributed by atoms with Gasteiger partial charge in [0.25, 0.3) is 0 Å². The van der Waals surface area contributed by atoms with E-state index in [1.54, 1.807) is 19.2 Å². The molecule has 0 fully saturated rings. The summed E-state index contributed by atoms with van der Waals surface area (Å²) in [6.07, 6.45) is 1.63. The van der Waals surface area contributed by atoms with Gasteiger partial charge in [-0.3, -0.25) is 9.36 Å². The van der Waals surface area contributed by atoms with E-state index >= 15 is 0 Å². The second kappa shape index (κ2) is 8.77. The van der Waals surface area contributed by atoms with Crippen LogP contribution in [0.1, 0.15) is 28.7 Å². The van der Waals surface area contributed by atoms with E-state index in [0.717, 1.165) is 37.6 Å². The van der Waals surface area contributed by atoms with E-state index in [9.17, 15) is 4.79 Å². The van der Waals surface area contributed by atoms with Crippen molar-refractivity contribution < 1.29 is 4.79 Å². The molecule has 1 N–H and O–H groups in total. The number of para-hydroxylation sites is 1. The largest absolute Gasteiger partial charge is 0.357 e. The number of nitrogens with zero attached hydrogens (tertiary/aromatic N) is 3. The van der Waals surface area contributed by atoms with Gasteiger partial charge >= 0.3 is 0 Å². The molecular formula is C23H19BrN4OS. The summed E-state index contributed by atoms with van der Waals surface area (Å²) in [7, 11) is 0. The quantitative estimate of drug-likeness (QED) is 0.221. The zero-order chi connectivity index (χ0) is 21.1. The first kappa shape index (κ1) is 20.3. The van der Waals surface area contributed by atoms with Gasteiger partial charge in [0.2, 0.25) is 4.80 Å². The van der Waals surface area contributed by atoms with E-state index in [2.05, 4.69) is 53.2 Å². The van der Waals surface area contributed by atoms with Gasteiger partial charge < -0.3 is 4.98 Å². The summed E-state index contributed by atoms with van der Waals surface area (Å²) in [4.78, 5) is 15.6. The molecule has 4 rings (SSSR count). The molecule has 4 aromatic rings. The molecule has 30 heavy (non-hydrogen) atoms. The number of hydrogen-bond acceptors (Lipinski definition) is 4. The maximum absolute atomic E-state index is 11.6. The van der Waals surface area contributed by atoms with Crippen molar-refractivity contribution in [3.8, 4) is 16.9 Å². The van der Waals surface area contributed by atoms with Crippen molar-refractivity contribution in [3.63, 3.8) is 0 Å². The number of thiazole rings is 1. The molecule has 0 unspecified atom stereocenters. The molecule has 0 aliphatic carbocycles. The van der Waals surface area contributed by atoms with E-state index in [-0.39, 0.29) is 5.78 Å². The zero-order valence-corrected chi connectivity index (χ0v) is 18.9. The van der Waals surface area contributed by atoms with Crippen LogP contribution >= 0.6 is 27.3 Å². The van der Waals surface area contributed by atoms with Crippen LogP contribution in [0.15, 0.2) is 80.7 Å². The minimum absolute atomic E-state index is 0.0275. The lowest BCUT2D eigenvalue weighted by molar-refractivity contribution is 0.101. The molecule has 0 saturated heterocycles. The van der Waals surface area contributed by atoms with E-state index in [0.29, 0.717) is 5.56 Å². The minimum atomic E-state index is 0.0275. The number of aryl methyl sites for hydroxylation is 1. The first-order valence-corrected chi connectivity index (χ1v) is 11.0. The lowest BCUT2D eigenvalue weighted by Crippen LogP contribution is -2.13. The van der Waals surface area contributed by atoms with Gasteiger partial charge in [-0.15, -0.1) is 16.4 Å². The third-order valence-electron chi connectivity index (χ3n) is 4.62. The normalized spacial score (nSPS) is 12.0. The van der Waals surface area contributed by atoms with Crippen molar-refractivity contribution in [2.45, 2.75) is 13.8 Å². The lowest BCUT2D eigenvalue weighted by atomic mass is 10.1. The van der Waals surface area contributed by atoms with Crippen molar-refractivity contribution in [1.29, 1.82) is 0 Å². The molecule has 0 bridgehead atoms. The number of rotatable bonds is 5. The Labute approximate surface area is 186 Å². The van der Waals surface area contributed by atoms with Crippen LogP contribution in [-0.4, -0.2) is 21.5 Å². The number of aromatic nitrogens is 2. The molecule has 2 heterocycles. The predicted molar refractivity (Wildman–Crippen MR) is 125 cm³/mol. The number of nitrogens with one attached hydrogen (secondary N) is 1. The highest BCUT2D eigenvalue weighted by Gasteiger charge is 2.10. The van der Waals surface area contributed by atoms with E-state index in [1.165, 1.54) is 11.3 Å². The molecule has 0 aliphatic heterocycles. The summed E-state index contributed by atoms with van der Waals surface area (Å²) >= 11 is 5.02. The number of carbonyl (C=O) groups excluding carboxylic acids is 1. The van der Waals surface area contributed by atoms with Crippen LogP contribution in [0, 0.1) is 6.92 Å². The molecule has 0 spiro atoms. The fraction of sp³-hybridized carbons (Fsp3) is 0.0870. The molecule has 2 aromatic heterocycles. The fourth-order valence-corrected chi connectivity index (χ4v) is 4.32. The SMILES string of the molecule is CC(=O)c1cc(/C=N/N=c2/scc(-c3ccc(Br)cc3)n2-c2ccccc2)[nH]c1C. The fourth-order valence-electron chi connectivity index (χ4n) is 3.19. The molecule has 0 saturated carbocycles. The van der Waals surface area contributed by atoms with Crippen LogP contribution in [0.3, 0.4) is 0 Å². The molecule has 0 atom stereocenters. The Bertz CT molecular complexity index is 1280. The number of ketones is 1. The lowest BCUT2D eigenvalue weighted by Gasteiger charge is -2.09. The van der Waals surface area contributed by atoms with Crippen molar-refractivity contribution >= 4 is 39.3 Å². The highest BCUT2D eigenvalue weighted by molar-refractivity contribution is 9.10. The number of carbonyl (C=O) groups is 1. The van der Waals surface area contributed by atoms with Gasteiger partial charge in [-0.05, 0) is 49.7 Å². The maximum Gasteiger partial charge on any atom is 0.215 e. The predicted octanol–water partition coefficient (Wildman–Crippen LogP) is 5.74. The number of H-pyrrole nitrogens is 1. The standard InChI is InChI=1S/C23H19BrN4OS/c1-15-21(16(2)29)12-19(26-15)13-25-27-23-28(20-6-4-3-5-7-20)22(14-30-23)17-8-10-18(24)11-9-17/h3-14,26H,1-2H3/b25-13+,27-23+. The monoisotopic (exact) mass is 478 g/mol. The Morgan fingerprint density at radius 2 is 1.87 bits per heavy atom. The molecular weight excluding hydrogens is 460 g/mol. The molecule has 5 nitrogen and oxygen atoms in total. The van der Waals surface area contributed by atoms with Gasteiger partial charge in [-0.2, -0.15) is 5.10 Å². The first-order valence-electron chi connectivity index (χ1n) is 9.32. The Balaban J connectivity index is 1.77. The highest BCUT2D eigenvalue weighted by Crippen LogP contribution is 2.25. The zero-order valence-electron chi connectivity index (χ0n) is 16.5. The van der Waals surface area contributed by atoms with E-state index in [4.69, 9.17) is 0 Å². The second-order valence-corrected chi connectivity index (χ2v) is 8.50. The van der Waals surface area contributed by atoms with E-state index in [1.807, 2.05) is 49.4 Å². The van der Waals surface area contributed by atoms with Gasteiger partial charge in [0.05, 0.1) is 17.6 Å². The van der Waals surface area contributed by atoms with Crippen LogP contribution in [-0.2, 0) is 0 Å². The molecule has 0 amide bonds. The average Bonchev–Trinajstić information content (AvgIpc) is 3.33. The first-order chi connectivity index (χ1) is 14.5. The van der Waals surface area contributed by atoms with E-state index < -0.39 is 0 Å². The van der Waals surface area contributed by atoms with Crippen molar-refractivity contribution in [2.75, 3.05) is 0 Å². The topological polar surface area (TPSA) is 62.5 Å². The number of Topliss-reactive ketones (excluding diaryl/α,β-unsaturated/α-hetero) is 1. The van der Waals surface area contributed by atoms with Gasteiger partial charge in [0, 0.05) is 26.8 Å². The Morgan fingerprint density at radius 1 is 1.13 bits per heavy atom. The van der Waals surface area contributed by atoms with Crippen LogP contribution < -0.4 is 4.80 Å². The Morgan fingerprint density at radius 3 is 2.53 bits per heavy atom. The average molecular weight is 479 g/mol. The summed E-state index contributed by atoms with van der Waals surface area (Å²) in [6, 6.07) is 20.1. The van der Waals surface area contributed by atoms with Crippen LogP contribution in [0.25, 0.3) is 16.9 Å². The third-order valence-corrected chi connectivity index (χ3v) is 5.96. The Hall–Kier alpha value is -3.03. The molecule has 2 aromatic carbocycles. The van der Waals surface area contributed by atoms with Gasteiger partial charge in [-0.25, -0.2) is 0 Å². The van der Waals surface area contributed by atoms with Gasteiger partial charge in [0.1, 0.15) is 0 Å². The second-order valence-electron chi connectivity index (χ2n) is 6.75. The van der Waals surface area contributed by atoms with Crippen molar-refractivity contribution in [1.82, 2.24) is 9.55 Å². The molecule has 0 aliphatic rings. The summed E-state index contributed by atoms with van der Waals surface area (Å²) < 4.78 is 3.13. The van der Waals surface area contributed by atoms with Crippen LogP contribution in [0.2, 0.25) is 0 Å². The van der Waals surface area contributed by atoms with Crippen molar-refractivity contribution in [2.24, 2.45) is 10.2 Å². The Kier molecular flexibility index (Phi) is 5.92. The number of aromatic amines is 1. The summed E-state index contributed by atoms with van der Waals surface area (Å²) in [6.45, 7) is 3.43. The van der Waals surface area contributed by atoms with Crippen LogP contribution in [0.4, 0.5) is 0 Å². The van der Waals surface area contributed by atoms with Gasteiger partial charge in [0.15, 0.2) is 5.78 Å². The molecule has 0 radical (unpaired) electrons. The summed E-state index contributed by atoms with van der Waals surface area (Å²) in [5.74, 6) is 0.0275. The van der Waals surface area contributed by atoms with Crippen molar-refractivity contribution in [3.05, 3.63) is 92.3 Å². The van der Waals surface area contributed by atoms with Crippen LogP contribution in [0.5, 0.6) is 0 Å². The molecule has 150 valence electrons. The highest BCUT2D eigenvalue weighted by atomic mass is 79.9. The third kappa shape index (κ3) is 4.27. The maximum atomic E-state index is 11.6. The minimum Gasteiger partial charge on any atom is -0.357 e. The molecule has 7 heteroatoms. The smallest absolute Gasteiger partial charge is 0.215 e. The number of benzene rings is 2.